The van der Waals surface area contributed by atoms with Gasteiger partial charge in [-0.1, -0.05) is 12.1 Å². The molecule has 0 spiro atoms. The van der Waals surface area contributed by atoms with Crippen molar-refractivity contribution in [3.8, 4) is 0 Å². The molecule has 1 atom stereocenters. The van der Waals surface area contributed by atoms with Crippen LogP contribution in [0.15, 0.2) is 42.9 Å². The molecular weight excluding hydrogens is 307 g/mol. The highest BCUT2D eigenvalue weighted by atomic mass is 19.1. The highest BCUT2D eigenvalue weighted by molar-refractivity contribution is 5.78. The Labute approximate surface area is 142 Å². The first-order valence-corrected chi connectivity index (χ1v) is 7.89. The van der Waals surface area contributed by atoms with Gasteiger partial charge in [0, 0.05) is 44.6 Å². The molecular formula is C18H23FN4O. The Hall–Kier alpha value is -2.34. The lowest BCUT2D eigenvalue weighted by molar-refractivity contribution is -0.132. The molecule has 1 amide bonds. The van der Waals surface area contributed by atoms with Crippen molar-refractivity contribution in [1.82, 2.24) is 19.8 Å². The zero-order chi connectivity index (χ0) is 17.5. The van der Waals surface area contributed by atoms with E-state index in [1.807, 2.05) is 18.9 Å². The fourth-order valence-electron chi connectivity index (χ4n) is 2.42. The van der Waals surface area contributed by atoms with Crippen molar-refractivity contribution in [2.75, 3.05) is 20.6 Å². The number of halogens is 1. The highest BCUT2D eigenvalue weighted by Crippen LogP contribution is 2.08. The summed E-state index contributed by atoms with van der Waals surface area (Å²) in [5, 5.41) is 0. The number of rotatable bonds is 7. The Bertz CT molecular complexity index is 648. The second-order valence-electron chi connectivity index (χ2n) is 6.05. The molecule has 1 aromatic heterocycles. The Morgan fingerprint density at radius 1 is 1.21 bits per heavy atom. The van der Waals surface area contributed by atoms with Gasteiger partial charge in [0.2, 0.25) is 5.91 Å². The lowest BCUT2D eigenvalue weighted by atomic mass is 10.1. The number of benzene rings is 1. The minimum atomic E-state index is -0.255. The molecule has 1 unspecified atom stereocenters. The van der Waals surface area contributed by atoms with Gasteiger partial charge >= 0.3 is 0 Å². The van der Waals surface area contributed by atoms with Crippen LogP contribution in [0, 0.1) is 5.82 Å². The van der Waals surface area contributed by atoms with Crippen molar-refractivity contribution in [2.24, 2.45) is 0 Å². The summed E-state index contributed by atoms with van der Waals surface area (Å²) in [6.45, 7) is 2.89. The van der Waals surface area contributed by atoms with Gasteiger partial charge in [-0.25, -0.2) is 4.39 Å². The first-order chi connectivity index (χ1) is 11.5. The van der Waals surface area contributed by atoms with Gasteiger partial charge in [-0.3, -0.25) is 19.7 Å². The lowest BCUT2D eigenvalue weighted by Gasteiger charge is -2.27. The quantitative estimate of drug-likeness (QED) is 0.780. The molecule has 6 heteroatoms. The smallest absolute Gasteiger partial charge is 0.236 e. The van der Waals surface area contributed by atoms with Crippen molar-refractivity contribution < 1.29 is 9.18 Å². The van der Waals surface area contributed by atoms with Gasteiger partial charge in [-0.05, 0) is 31.7 Å². The first-order valence-electron chi connectivity index (χ1n) is 7.89. The third-order valence-corrected chi connectivity index (χ3v) is 3.95. The van der Waals surface area contributed by atoms with E-state index < -0.39 is 0 Å². The molecule has 0 bridgehead atoms. The fourth-order valence-corrected chi connectivity index (χ4v) is 2.42. The van der Waals surface area contributed by atoms with Crippen LogP contribution in [0.2, 0.25) is 0 Å². The average molecular weight is 330 g/mol. The largest absolute Gasteiger partial charge is 0.342 e. The standard InChI is InChI=1S/C18H23FN4O/c1-14(10-17-11-20-8-9-21-17)23(3)18(24)13-22(2)12-15-4-6-16(19)7-5-15/h4-9,11,14H,10,12-13H2,1-3H3. The zero-order valence-electron chi connectivity index (χ0n) is 14.3. The topological polar surface area (TPSA) is 49.3 Å². The van der Waals surface area contributed by atoms with Crippen molar-refractivity contribution in [3.63, 3.8) is 0 Å². The summed E-state index contributed by atoms with van der Waals surface area (Å²) in [4.78, 5) is 24.4. The summed E-state index contributed by atoms with van der Waals surface area (Å²) in [5.74, 6) is -0.217. The first kappa shape index (κ1) is 18.0. The van der Waals surface area contributed by atoms with E-state index in [9.17, 15) is 9.18 Å². The Balaban J connectivity index is 1.84. The van der Waals surface area contributed by atoms with Gasteiger partial charge in [0.05, 0.1) is 12.2 Å². The van der Waals surface area contributed by atoms with Gasteiger partial charge < -0.3 is 4.90 Å². The average Bonchev–Trinajstić information content (AvgIpc) is 2.57. The highest BCUT2D eigenvalue weighted by Gasteiger charge is 2.18. The zero-order valence-corrected chi connectivity index (χ0v) is 14.3. The molecule has 0 saturated carbocycles. The Kier molecular flexibility index (Phi) is 6.37. The Morgan fingerprint density at radius 3 is 2.54 bits per heavy atom. The number of hydrogen-bond acceptors (Lipinski definition) is 4. The van der Waals surface area contributed by atoms with E-state index in [0.29, 0.717) is 19.5 Å². The monoisotopic (exact) mass is 330 g/mol. The van der Waals surface area contributed by atoms with E-state index in [1.165, 1.54) is 12.1 Å². The third-order valence-electron chi connectivity index (χ3n) is 3.95. The molecule has 1 heterocycles. The molecule has 2 rings (SSSR count). The lowest BCUT2D eigenvalue weighted by Crippen LogP contribution is -2.42. The molecule has 0 aliphatic carbocycles. The summed E-state index contributed by atoms with van der Waals surface area (Å²) < 4.78 is 12.9. The minimum Gasteiger partial charge on any atom is -0.342 e. The maximum absolute atomic E-state index is 12.9. The normalized spacial score (nSPS) is 12.2. The second-order valence-corrected chi connectivity index (χ2v) is 6.05. The van der Waals surface area contributed by atoms with Gasteiger partial charge in [-0.2, -0.15) is 0 Å². The Morgan fingerprint density at radius 2 is 1.92 bits per heavy atom. The van der Waals surface area contributed by atoms with E-state index in [-0.39, 0.29) is 17.8 Å². The van der Waals surface area contributed by atoms with Crippen molar-refractivity contribution in [2.45, 2.75) is 25.9 Å². The molecule has 0 saturated heterocycles. The van der Waals surface area contributed by atoms with Crippen LogP contribution >= 0.6 is 0 Å². The molecule has 5 nitrogen and oxygen atoms in total. The van der Waals surface area contributed by atoms with Crippen LogP contribution in [0.5, 0.6) is 0 Å². The summed E-state index contributed by atoms with van der Waals surface area (Å²) in [6, 6.07) is 6.36. The van der Waals surface area contributed by atoms with Crippen molar-refractivity contribution in [1.29, 1.82) is 0 Å². The van der Waals surface area contributed by atoms with Gasteiger partial charge in [0.25, 0.3) is 0 Å². The molecule has 0 aliphatic rings. The number of nitrogens with zero attached hydrogens (tertiary/aromatic N) is 4. The van der Waals surface area contributed by atoms with E-state index >= 15 is 0 Å². The van der Waals surface area contributed by atoms with Gasteiger partial charge in [0.1, 0.15) is 5.82 Å². The summed E-state index contributed by atoms with van der Waals surface area (Å²) in [6.07, 6.45) is 5.67. The number of likely N-dealkylation sites (N-methyl/N-ethyl adjacent to an activating group) is 2. The van der Waals surface area contributed by atoms with Crippen LogP contribution in [0.25, 0.3) is 0 Å². The van der Waals surface area contributed by atoms with Crippen LogP contribution in [0.4, 0.5) is 4.39 Å². The van der Waals surface area contributed by atoms with Gasteiger partial charge in [-0.15, -0.1) is 0 Å². The predicted octanol–water partition coefficient (Wildman–Crippen LogP) is 2.14. The third kappa shape index (κ3) is 5.38. The van der Waals surface area contributed by atoms with E-state index in [2.05, 4.69) is 9.97 Å². The molecule has 0 fully saturated rings. The molecule has 0 radical (unpaired) electrons. The van der Waals surface area contributed by atoms with E-state index in [4.69, 9.17) is 0 Å². The number of carbonyl (C=O) groups is 1. The predicted molar refractivity (Wildman–Crippen MR) is 90.7 cm³/mol. The van der Waals surface area contributed by atoms with Crippen molar-refractivity contribution in [3.05, 3.63) is 59.9 Å². The number of amides is 1. The molecule has 0 N–H and O–H groups in total. The van der Waals surface area contributed by atoms with Crippen LogP contribution in [0.3, 0.4) is 0 Å². The van der Waals surface area contributed by atoms with Crippen LogP contribution < -0.4 is 0 Å². The summed E-state index contributed by atoms with van der Waals surface area (Å²) >= 11 is 0. The SMILES string of the molecule is CC(Cc1cnccn1)N(C)C(=O)CN(C)Cc1ccc(F)cc1. The van der Waals surface area contributed by atoms with Gasteiger partial charge in [0.15, 0.2) is 0 Å². The summed E-state index contributed by atoms with van der Waals surface area (Å²) in [7, 11) is 3.68. The number of hydrogen-bond donors (Lipinski definition) is 0. The van der Waals surface area contributed by atoms with Crippen LogP contribution in [-0.4, -0.2) is 52.4 Å². The van der Waals surface area contributed by atoms with Crippen LogP contribution in [-0.2, 0) is 17.8 Å². The maximum Gasteiger partial charge on any atom is 0.236 e. The van der Waals surface area contributed by atoms with E-state index in [1.54, 1.807) is 42.7 Å². The minimum absolute atomic E-state index is 0.0356. The maximum atomic E-state index is 12.9. The fraction of sp³-hybridized carbons (Fsp3) is 0.389. The van der Waals surface area contributed by atoms with E-state index in [0.717, 1.165) is 11.3 Å². The summed E-state index contributed by atoms with van der Waals surface area (Å²) in [5.41, 5.74) is 1.84. The molecule has 24 heavy (non-hydrogen) atoms. The molecule has 0 aliphatic heterocycles. The molecule has 128 valence electrons. The van der Waals surface area contributed by atoms with Crippen LogP contribution in [0.1, 0.15) is 18.2 Å². The number of aromatic nitrogens is 2. The number of carbonyl (C=O) groups excluding carboxylic acids is 1. The molecule has 2 aromatic rings. The van der Waals surface area contributed by atoms with Crippen molar-refractivity contribution >= 4 is 5.91 Å². The second kappa shape index (κ2) is 8.49. The molecule has 1 aromatic carbocycles.